The monoisotopic (exact) mass is 299 g/mol. The van der Waals surface area contributed by atoms with Crippen LogP contribution in [-0.2, 0) is 0 Å². The minimum Gasteiger partial charge on any atom is -0.392 e. The van der Waals surface area contributed by atoms with Crippen LogP contribution in [-0.4, -0.2) is 47.2 Å². The molecule has 22 heavy (non-hydrogen) atoms. The number of rotatable bonds is 3. The molecule has 1 aliphatic heterocycles. The second-order valence-corrected chi connectivity index (χ2v) is 6.21. The normalized spacial score (nSPS) is 28.5. The third-order valence-corrected chi connectivity index (χ3v) is 4.71. The smallest absolute Gasteiger partial charge is 0.251 e. The van der Waals surface area contributed by atoms with E-state index in [4.69, 9.17) is 5.26 Å². The molecule has 0 spiro atoms. The number of nitriles is 1. The van der Waals surface area contributed by atoms with Crippen LogP contribution >= 0.6 is 0 Å². The zero-order valence-electron chi connectivity index (χ0n) is 12.5. The molecule has 2 aliphatic rings. The van der Waals surface area contributed by atoms with E-state index in [0.29, 0.717) is 23.7 Å². The first-order chi connectivity index (χ1) is 10.7. The summed E-state index contributed by atoms with van der Waals surface area (Å²) in [6, 6.07) is 9.29. The van der Waals surface area contributed by atoms with E-state index in [1.54, 1.807) is 24.3 Å². The molecule has 1 aliphatic carbocycles. The predicted octanol–water partition coefficient (Wildman–Crippen LogP) is 1.28. The minimum atomic E-state index is -0.232. The lowest BCUT2D eigenvalue weighted by Crippen LogP contribution is -2.48. The summed E-state index contributed by atoms with van der Waals surface area (Å²) < 4.78 is 0. The fourth-order valence-corrected chi connectivity index (χ4v) is 3.60. The summed E-state index contributed by atoms with van der Waals surface area (Å²) in [6.45, 7) is 1.61. The van der Waals surface area contributed by atoms with Crippen LogP contribution in [0.3, 0.4) is 0 Å². The van der Waals surface area contributed by atoms with E-state index < -0.39 is 0 Å². The zero-order chi connectivity index (χ0) is 15.5. The zero-order valence-corrected chi connectivity index (χ0v) is 12.5. The molecule has 3 atom stereocenters. The van der Waals surface area contributed by atoms with Gasteiger partial charge < -0.3 is 10.4 Å². The highest BCUT2D eigenvalue weighted by Crippen LogP contribution is 2.27. The average Bonchev–Trinajstić information content (AvgIpc) is 3.16. The SMILES string of the molecule is N#Cc1cccc(C(=O)N[C@@H]2CCC[C@@H]2N2CCC(O)C2)c1. The Labute approximate surface area is 130 Å². The van der Waals surface area contributed by atoms with Gasteiger partial charge in [-0.25, -0.2) is 0 Å². The highest BCUT2D eigenvalue weighted by molar-refractivity contribution is 5.94. The van der Waals surface area contributed by atoms with Crippen LogP contribution in [0.4, 0.5) is 0 Å². The highest BCUT2D eigenvalue weighted by atomic mass is 16.3. The van der Waals surface area contributed by atoms with Gasteiger partial charge in [-0.1, -0.05) is 6.07 Å². The number of nitrogens with zero attached hydrogens (tertiary/aromatic N) is 2. The summed E-state index contributed by atoms with van der Waals surface area (Å²) in [5.74, 6) is -0.117. The molecule has 5 heteroatoms. The molecule has 1 amide bonds. The Morgan fingerprint density at radius 3 is 2.95 bits per heavy atom. The van der Waals surface area contributed by atoms with Crippen molar-refractivity contribution >= 4 is 5.91 Å². The van der Waals surface area contributed by atoms with Gasteiger partial charge in [0.15, 0.2) is 0 Å². The van der Waals surface area contributed by atoms with Gasteiger partial charge in [0.2, 0.25) is 0 Å². The number of hydrogen-bond acceptors (Lipinski definition) is 4. The summed E-state index contributed by atoms with van der Waals surface area (Å²) in [7, 11) is 0. The fraction of sp³-hybridized carbons (Fsp3) is 0.529. The van der Waals surface area contributed by atoms with Crippen LogP contribution in [0.2, 0.25) is 0 Å². The van der Waals surface area contributed by atoms with Gasteiger partial charge in [0.05, 0.1) is 17.7 Å². The first-order valence-corrected chi connectivity index (χ1v) is 7.90. The van der Waals surface area contributed by atoms with Crippen LogP contribution in [0.5, 0.6) is 0 Å². The van der Waals surface area contributed by atoms with Crippen molar-refractivity contribution in [2.24, 2.45) is 0 Å². The molecular weight excluding hydrogens is 278 g/mol. The van der Waals surface area contributed by atoms with Crippen molar-refractivity contribution in [2.75, 3.05) is 13.1 Å². The number of likely N-dealkylation sites (tertiary alicyclic amines) is 1. The molecule has 1 unspecified atom stereocenters. The maximum atomic E-state index is 12.4. The lowest BCUT2D eigenvalue weighted by atomic mass is 10.1. The summed E-state index contributed by atoms with van der Waals surface area (Å²) in [6.07, 6.45) is 3.72. The van der Waals surface area contributed by atoms with Crippen molar-refractivity contribution in [1.29, 1.82) is 5.26 Å². The fourth-order valence-electron chi connectivity index (χ4n) is 3.60. The quantitative estimate of drug-likeness (QED) is 0.881. The molecule has 1 heterocycles. The Balaban J connectivity index is 1.66. The van der Waals surface area contributed by atoms with Crippen molar-refractivity contribution in [1.82, 2.24) is 10.2 Å². The maximum absolute atomic E-state index is 12.4. The molecule has 2 N–H and O–H groups in total. The first-order valence-electron chi connectivity index (χ1n) is 7.90. The van der Waals surface area contributed by atoms with Crippen LogP contribution in [0.15, 0.2) is 24.3 Å². The number of aliphatic hydroxyl groups is 1. The molecule has 2 fully saturated rings. The number of carbonyl (C=O) groups excluding carboxylic acids is 1. The largest absolute Gasteiger partial charge is 0.392 e. The summed E-state index contributed by atoms with van der Waals surface area (Å²) in [5.41, 5.74) is 1.03. The summed E-state index contributed by atoms with van der Waals surface area (Å²) >= 11 is 0. The number of amides is 1. The minimum absolute atomic E-state index is 0.117. The highest BCUT2D eigenvalue weighted by Gasteiger charge is 2.36. The van der Waals surface area contributed by atoms with Crippen molar-refractivity contribution in [3.05, 3.63) is 35.4 Å². The molecule has 1 aromatic carbocycles. The molecule has 0 bridgehead atoms. The molecule has 1 aromatic rings. The molecule has 1 saturated carbocycles. The first kappa shape index (κ1) is 15.0. The van der Waals surface area contributed by atoms with E-state index in [1.807, 2.05) is 0 Å². The van der Waals surface area contributed by atoms with E-state index in [2.05, 4.69) is 16.3 Å². The van der Waals surface area contributed by atoms with Crippen LogP contribution in [0, 0.1) is 11.3 Å². The Hall–Kier alpha value is -1.90. The van der Waals surface area contributed by atoms with Crippen molar-refractivity contribution in [2.45, 2.75) is 43.9 Å². The van der Waals surface area contributed by atoms with Crippen molar-refractivity contribution in [3.63, 3.8) is 0 Å². The van der Waals surface area contributed by atoms with Crippen LogP contribution in [0.25, 0.3) is 0 Å². The number of benzene rings is 1. The third-order valence-electron chi connectivity index (χ3n) is 4.71. The van der Waals surface area contributed by atoms with Crippen molar-refractivity contribution in [3.8, 4) is 6.07 Å². The topological polar surface area (TPSA) is 76.4 Å². The maximum Gasteiger partial charge on any atom is 0.251 e. The average molecular weight is 299 g/mol. The molecule has 1 saturated heterocycles. The number of nitrogens with one attached hydrogen (secondary N) is 1. The standard InChI is InChI=1S/C17H21N3O2/c18-10-12-3-1-4-13(9-12)17(22)19-15-5-2-6-16(15)20-8-7-14(21)11-20/h1,3-4,9,14-16,21H,2,5-8,11H2,(H,19,22)/t14?,15-,16+/m1/s1. The van der Waals surface area contributed by atoms with E-state index in [-0.39, 0.29) is 18.1 Å². The van der Waals surface area contributed by atoms with Crippen LogP contribution < -0.4 is 5.32 Å². The second kappa shape index (κ2) is 6.47. The molecule has 116 valence electrons. The predicted molar refractivity (Wildman–Crippen MR) is 82.2 cm³/mol. The van der Waals surface area contributed by atoms with Gasteiger partial charge >= 0.3 is 0 Å². The van der Waals surface area contributed by atoms with E-state index in [1.165, 1.54) is 0 Å². The van der Waals surface area contributed by atoms with Gasteiger partial charge in [-0.15, -0.1) is 0 Å². The van der Waals surface area contributed by atoms with E-state index in [0.717, 1.165) is 32.2 Å². The molecule has 3 rings (SSSR count). The summed E-state index contributed by atoms with van der Waals surface area (Å²) in [4.78, 5) is 14.7. The Morgan fingerprint density at radius 1 is 1.36 bits per heavy atom. The molecule has 0 radical (unpaired) electrons. The number of aliphatic hydroxyl groups excluding tert-OH is 1. The molecular formula is C17H21N3O2. The van der Waals surface area contributed by atoms with Crippen LogP contribution in [0.1, 0.15) is 41.6 Å². The summed E-state index contributed by atoms with van der Waals surface area (Å²) in [5, 5.41) is 21.7. The number of carbonyl (C=O) groups is 1. The molecule has 0 aromatic heterocycles. The van der Waals surface area contributed by atoms with Crippen molar-refractivity contribution < 1.29 is 9.90 Å². The van der Waals surface area contributed by atoms with Gasteiger partial charge in [-0.2, -0.15) is 5.26 Å². The Kier molecular flexibility index (Phi) is 4.41. The lowest BCUT2D eigenvalue weighted by molar-refractivity contribution is 0.0906. The van der Waals surface area contributed by atoms with Gasteiger partial charge in [-0.3, -0.25) is 9.69 Å². The van der Waals surface area contributed by atoms with Gasteiger partial charge in [0, 0.05) is 30.7 Å². The van der Waals surface area contributed by atoms with E-state index >= 15 is 0 Å². The Bertz CT molecular complexity index is 596. The lowest BCUT2D eigenvalue weighted by Gasteiger charge is -2.29. The van der Waals surface area contributed by atoms with Gasteiger partial charge in [0.25, 0.3) is 5.91 Å². The Morgan fingerprint density at radius 2 is 2.23 bits per heavy atom. The van der Waals surface area contributed by atoms with E-state index in [9.17, 15) is 9.90 Å². The second-order valence-electron chi connectivity index (χ2n) is 6.21. The van der Waals surface area contributed by atoms with Gasteiger partial charge in [-0.05, 0) is 43.9 Å². The van der Waals surface area contributed by atoms with Gasteiger partial charge in [0.1, 0.15) is 0 Å². The number of hydrogen-bond donors (Lipinski definition) is 2. The molecule has 5 nitrogen and oxygen atoms in total. The number of β-amino-alcohol motifs (C(OH)–C–C–N with tert-alkyl or cyclic N) is 1. The third kappa shape index (κ3) is 3.13.